The maximum absolute atomic E-state index is 11.2. The summed E-state index contributed by atoms with van der Waals surface area (Å²) in [5.41, 5.74) is 1.16. The highest BCUT2D eigenvalue weighted by molar-refractivity contribution is 5.74. The van der Waals surface area contributed by atoms with Crippen LogP contribution in [0.4, 0.5) is 0 Å². The average Bonchev–Trinajstić information content (AvgIpc) is 2.40. The minimum atomic E-state index is -0.742. The lowest BCUT2D eigenvalue weighted by Gasteiger charge is -2.29. The summed E-state index contributed by atoms with van der Waals surface area (Å²) < 4.78 is 5.11. The minimum absolute atomic E-state index is 0.171. The Morgan fingerprint density at radius 1 is 1.44 bits per heavy atom. The number of carbonyl (C=O) groups is 1. The number of piperidine rings is 1. The number of nitrogens with one attached hydrogen (secondary N) is 1. The number of carboxylic acid groups (broad SMARTS) is 1. The van der Waals surface area contributed by atoms with E-state index in [9.17, 15) is 9.90 Å². The van der Waals surface area contributed by atoms with Gasteiger partial charge in [-0.1, -0.05) is 12.1 Å². The Hall–Kier alpha value is -1.55. The quantitative estimate of drug-likeness (QED) is 0.852. The first-order chi connectivity index (χ1) is 8.70. The van der Waals surface area contributed by atoms with Gasteiger partial charge in [0, 0.05) is 0 Å². The number of methoxy groups -OCH3 is 1. The van der Waals surface area contributed by atoms with Crippen LogP contribution in [-0.2, 0) is 11.2 Å². The molecule has 0 amide bonds. The van der Waals surface area contributed by atoms with E-state index >= 15 is 0 Å². The third kappa shape index (κ3) is 3.01. The number of carboxylic acids is 1. The second kappa shape index (κ2) is 5.87. The molecule has 1 aliphatic heterocycles. The van der Waals surface area contributed by atoms with E-state index < -0.39 is 12.0 Å². The molecular formula is C14H19NO3. The van der Waals surface area contributed by atoms with Crippen LogP contribution in [-0.4, -0.2) is 30.8 Å². The zero-order chi connectivity index (χ0) is 13.0. The molecule has 4 nitrogen and oxygen atoms in total. The van der Waals surface area contributed by atoms with Gasteiger partial charge in [0.15, 0.2) is 0 Å². The molecule has 0 radical (unpaired) electrons. The van der Waals surface area contributed by atoms with Crippen molar-refractivity contribution in [3.05, 3.63) is 29.8 Å². The minimum Gasteiger partial charge on any atom is -0.497 e. The van der Waals surface area contributed by atoms with Gasteiger partial charge in [0.05, 0.1) is 7.11 Å². The Morgan fingerprint density at radius 2 is 2.17 bits per heavy atom. The summed E-state index contributed by atoms with van der Waals surface area (Å²) in [5.74, 6) is 0.258. The van der Waals surface area contributed by atoms with E-state index in [0.29, 0.717) is 0 Å². The highest BCUT2D eigenvalue weighted by atomic mass is 16.5. The highest BCUT2D eigenvalue weighted by Crippen LogP contribution is 2.23. The molecule has 1 fully saturated rings. The van der Waals surface area contributed by atoms with Crippen LogP contribution in [0.5, 0.6) is 5.75 Å². The summed E-state index contributed by atoms with van der Waals surface area (Å²) in [7, 11) is 1.64. The van der Waals surface area contributed by atoms with E-state index in [1.165, 1.54) is 0 Å². The maximum atomic E-state index is 11.2. The lowest BCUT2D eigenvalue weighted by atomic mass is 9.85. The SMILES string of the molecule is COc1ccc(C[C@H]2CCCN[C@H]2C(=O)O)cc1. The van der Waals surface area contributed by atoms with Crippen molar-refractivity contribution in [2.24, 2.45) is 5.92 Å². The fourth-order valence-electron chi connectivity index (χ4n) is 2.53. The smallest absolute Gasteiger partial charge is 0.320 e. The number of hydrogen-bond acceptors (Lipinski definition) is 3. The maximum Gasteiger partial charge on any atom is 0.320 e. The molecule has 1 saturated heterocycles. The Kier molecular flexibility index (Phi) is 4.20. The fourth-order valence-corrected chi connectivity index (χ4v) is 2.53. The molecular weight excluding hydrogens is 230 g/mol. The molecule has 0 unspecified atom stereocenters. The molecule has 0 aromatic heterocycles. The fraction of sp³-hybridized carbons (Fsp3) is 0.500. The standard InChI is InChI=1S/C14H19NO3/c1-18-12-6-4-10(5-7-12)9-11-3-2-8-15-13(11)14(16)17/h4-7,11,13,15H,2-3,8-9H2,1H3,(H,16,17)/t11-,13-/m1/s1. The molecule has 0 bridgehead atoms. The third-order valence-corrected chi connectivity index (χ3v) is 3.51. The van der Waals surface area contributed by atoms with Crippen LogP contribution in [0.3, 0.4) is 0 Å². The number of benzene rings is 1. The van der Waals surface area contributed by atoms with Gasteiger partial charge >= 0.3 is 5.97 Å². The monoisotopic (exact) mass is 249 g/mol. The van der Waals surface area contributed by atoms with Crippen LogP contribution in [0.25, 0.3) is 0 Å². The van der Waals surface area contributed by atoms with Crippen molar-refractivity contribution in [1.82, 2.24) is 5.32 Å². The van der Waals surface area contributed by atoms with Crippen molar-refractivity contribution >= 4 is 5.97 Å². The van der Waals surface area contributed by atoms with Crippen molar-refractivity contribution < 1.29 is 14.6 Å². The van der Waals surface area contributed by atoms with E-state index in [2.05, 4.69) is 5.32 Å². The zero-order valence-electron chi connectivity index (χ0n) is 10.6. The van der Waals surface area contributed by atoms with Gasteiger partial charge in [-0.2, -0.15) is 0 Å². The van der Waals surface area contributed by atoms with Gasteiger partial charge in [-0.15, -0.1) is 0 Å². The second-order valence-corrected chi connectivity index (χ2v) is 4.72. The summed E-state index contributed by atoms with van der Waals surface area (Å²) in [6, 6.07) is 7.43. The summed E-state index contributed by atoms with van der Waals surface area (Å²) in [4.78, 5) is 11.2. The Balaban J connectivity index is 2.03. The van der Waals surface area contributed by atoms with Gasteiger partial charge in [-0.3, -0.25) is 4.79 Å². The molecule has 98 valence electrons. The predicted molar refractivity (Wildman–Crippen MR) is 68.8 cm³/mol. The van der Waals surface area contributed by atoms with Gasteiger partial charge in [0.2, 0.25) is 0 Å². The molecule has 0 saturated carbocycles. The van der Waals surface area contributed by atoms with Crippen LogP contribution in [0.15, 0.2) is 24.3 Å². The molecule has 0 spiro atoms. The van der Waals surface area contributed by atoms with Crippen molar-refractivity contribution in [3.63, 3.8) is 0 Å². The first-order valence-electron chi connectivity index (χ1n) is 6.30. The third-order valence-electron chi connectivity index (χ3n) is 3.51. The topological polar surface area (TPSA) is 58.6 Å². The number of ether oxygens (including phenoxy) is 1. The average molecular weight is 249 g/mol. The van der Waals surface area contributed by atoms with E-state index in [4.69, 9.17) is 4.74 Å². The van der Waals surface area contributed by atoms with Crippen LogP contribution < -0.4 is 10.1 Å². The molecule has 1 heterocycles. The predicted octanol–water partition coefficient (Wildman–Crippen LogP) is 1.69. The summed E-state index contributed by atoms with van der Waals surface area (Å²) in [5, 5.41) is 12.3. The van der Waals surface area contributed by atoms with Crippen molar-refractivity contribution in [2.75, 3.05) is 13.7 Å². The van der Waals surface area contributed by atoms with Gasteiger partial charge < -0.3 is 15.2 Å². The van der Waals surface area contributed by atoms with Crippen LogP contribution >= 0.6 is 0 Å². The van der Waals surface area contributed by atoms with Gasteiger partial charge in [0.25, 0.3) is 0 Å². The second-order valence-electron chi connectivity index (χ2n) is 4.72. The van der Waals surface area contributed by atoms with E-state index in [0.717, 1.165) is 37.1 Å². The lowest BCUT2D eigenvalue weighted by Crippen LogP contribution is -2.47. The number of aliphatic carboxylic acids is 1. The van der Waals surface area contributed by atoms with Gasteiger partial charge in [0.1, 0.15) is 11.8 Å². The van der Waals surface area contributed by atoms with Crippen LogP contribution in [0, 0.1) is 5.92 Å². The molecule has 2 atom stereocenters. The van der Waals surface area contributed by atoms with Gasteiger partial charge in [-0.05, 0) is 49.4 Å². The Morgan fingerprint density at radius 3 is 2.78 bits per heavy atom. The van der Waals surface area contributed by atoms with E-state index in [1.807, 2.05) is 24.3 Å². The number of rotatable bonds is 4. The molecule has 1 aromatic rings. The summed E-state index contributed by atoms with van der Waals surface area (Å²) >= 11 is 0. The molecule has 0 aliphatic carbocycles. The Bertz CT molecular complexity index is 402. The van der Waals surface area contributed by atoms with E-state index in [-0.39, 0.29) is 5.92 Å². The van der Waals surface area contributed by atoms with Crippen molar-refractivity contribution in [1.29, 1.82) is 0 Å². The highest BCUT2D eigenvalue weighted by Gasteiger charge is 2.30. The molecule has 1 aromatic carbocycles. The van der Waals surface area contributed by atoms with Crippen molar-refractivity contribution in [2.45, 2.75) is 25.3 Å². The molecule has 2 N–H and O–H groups in total. The lowest BCUT2D eigenvalue weighted by molar-refractivity contribution is -0.141. The first kappa shape index (κ1) is 12.9. The summed E-state index contributed by atoms with van der Waals surface area (Å²) in [6.45, 7) is 0.802. The van der Waals surface area contributed by atoms with Crippen molar-refractivity contribution in [3.8, 4) is 5.75 Å². The molecule has 1 aliphatic rings. The Labute approximate surface area is 107 Å². The summed E-state index contributed by atoms with van der Waals surface area (Å²) in [6.07, 6.45) is 2.81. The zero-order valence-corrected chi connectivity index (χ0v) is 10.6. The van der Waals surface area contributed by atoms with Gasteiger partial charge in [-0.25, -0.2) is 0 Å². The van der Waals surface area contributed by atoms with Crippen LogP contribution in [0.2, 0.25) is 0 Å². The largest absolute Gasteiger partial charge is 0.497 e. The van der Waals surface area contributed by atoms with Crippen LogP contribution in [0.1, 0.15) is 18.4 Å². The number of hydrogen-bond donors (Lipinski definition) is 2. The first-order valence-corrected chi connectivity index (χ1v) is 6.30. The molecule has 2 rings (SSSR count). The molecule has 4 heteroatoms. The normalized spacial score (nSPS) is 23.6. The van der Waals surface area contributed by atoms with E-state index in [1.54, 1.807) is 7.11 Å². The molecule has 18 heavy (non-hydrogen) atoms.